The summed E-state index contributed by atoms with van der Waals surface area (Å²) in [6.45, 7) is 4.64. The lowest BCUT2D eigenvalue weighted by Gasteiger charge is -2.33. The molecule has 7 heteroatoms. The Hall–Kier alpha value is -2.25. The number of halogens is 1. The molecule has 1 saturated heterocycles. The van der Waals surface area contributed by atoms with Crippen molar-refractivity contribution in [1.29, 1.82) is 0 Å². The second kappa shape index (κ2) is 8.22. The van der Waals surface area contributed by atoms with Gasteiger partial charge >= 0.3 is 0 Å². The first-order valence-electron chi connectivity index (χ1n) is 8.29. The standard InChI is InChI=1S/C18H22FN5S/c1-23-8-10-24(11-9-23)17-7-6-16(13-20-17)22-18(25)21-12-14-2-4-15(19)5-3-14/h2-7,13H,8-12H2,1H3,(H2,21,22,25). The van der Waals surface area contributed by atoms with Crippen LogP contribution >= 0.6 is 12.2 Å². The Kier molecular flexibility index (Phi) is 5.78. The van der Waals surface area contributed by atoms with E-state index in [4.69, 9.17) is 12.2 Å². The summed E-state index contributed by atoms with van der Waals surface area (Å²) in [5.74, 6) is 0.750. The Morgan fingerprint density at radius 1 is 1.12 bits per heavy atom. The predicted molar refractivity (Wildman–Crippen MR) is 103 cm³/mol. The highest BCUT2D eigenvalue weighted by atomic mass is 32.1. The van der Waals surface area contributed by atoms with Gasteiger partial charge in [-0.05, 0) is 49.1 Å². The number of rotatable bonds is 4. The summed E-state index contributed by atoms with van der Waals surface area (Å²) in [5, 5.41) is 6.73. The van der Waals surface area contributed by atoms with Gasteiger partial charge in [-0.3, -0.25) is 0 Å². The van der Waals surface area contributed by atoms with Crippen LogP contribution in [0.2, 0.25) is 0 Å². The van der Waals surface area contributed by atoms with Gasteiger partial charge in [-0.1, -0.05) is 12.1 Å². The second-order valence-corrected chi connectivity index (χ2v) is 6.54. The highest BCUT2D eigenvalue weighted by molar-refractivity contribution is 7.80. The zero-order chi connectivity index (χ0) is 17.6. The van der Waals surface area contributed by atoms with E-state index >= 15 is 0 Å². The van der Waals surface area contributed by atoms with E-state index in [1.807, 2.05) is 12.1 Å². The fourth-order valence-corrected chi connectivity index (χ4v) is 2.83. The Labute approximate surface area is 152 Å². The molecule has 0 radical (unpaired) electrons. The first-order chi connectivity index (χ1) is 12.1. The normalized spacial score (nSPS) is 15.0. The molecule has 0 bridgehead atoms. The summed E-state index contributed by atoms with van der Waals surface area (Å²) in [6.07, 6.45) is 1.79. The second-order valence-electron chi connectivity index (χ2n) is 6.13. The highest BCUT2D eigenvalue weighted by Gasteiger charge is 2.14. The summed E-state index contributed by atoms with van der Waals surface area (Å²) >= 11 is 5.29. The van der Waals surface area contributed by atoms with Crippen molar-refractivity contribution >= 4 is 28.8 Å². The number of hydrogen-bond acceptors (Lipinski definition) is 4. The number of hydrogen-bond donors (Lipinski definition) is 2. The van der Waals surface area contributed by atoms with Gasteiger partial charge in [0.2, 0.25) is 0 Å². The Bertz CT molecular complexity index is 696. The summed E-state index contributed by atoms with van der Waals surface area (Å²) in [6, 6.07) is 10.3. The maximum Gasteiger partial charge on any atom is 0.171 e. The zero-order valence-electron chi connectivity index (χ0n) is 14.2. The molecule has 0 atom stereocenters. The lowest BCUT2D eigenvalue weighted by molar-refractivity contribution is 0.312. The zero-order valence-corrected chi connectivity index (χ0v) is 15.0. The van der Waals surface area contributed by atoms with Crippen molar-refractivity contribution in [3.8, 4) is 0 Å². The number of thiocarbonyl (C=S) groups is 1. The van der Waals surface area contributed by atoms with E-state index in [1.54, 1.807) is 18.3 Å². The Morgan fingerprint density at radius 2 is 1.84 bits per heavy atom. The van der Waals surface area contributed by atoms with E-state index in [1.165, 1.54) is 12.1 Å². The average molecular weight is 359 g/mol. The van der Waals surface area contributed by atoms with Gasteiger partial charge in [0.1, 0.15) is 11.6 Å². The van der Waals surface area contributed by atoms with Crippen molar-refractivity contribution in [2.24, 2.45) is 0 Å². The smallest absolute Gasteiger partial charge is 0.171 e. The molecule has 2 aromatic rings. The van der Waals surface area contributed by atoms with E-state index in [0.29, 0.717) is 11.7 Å². The number of aromatic nitrogens is 1. The summed E-state index contributed by atoms with van der Waals surface area (Å²) < 4.78 is 12.9. The Balaban J connectivity index is 1.49. The van der Waals surface area contributed by atoms with Crippen molar-refractivity contribution in [1.82, 2.24) is 15.2 Å². The van der Waals surface area contributed by atoms with Gasteiger partial charge in [-0.25, -0.2) is 9.37 Å². The molecule has 2 N–H and O–H groups in total. The molecule has 0 aliphatic carbocycles. The van der Waals surface area contributed by atoms with Gasteiger partial charge in [-0.2, -0.15) is 0 Å². The molecule has 25 heavy (non-hydrogen) atoms. The van der Waals surface area contributed by atoms with Gasteiger partial charge in [0.05, 0.1) is 11.9 Å². The van der Waals surface area contributed by atoms with Crippen LogP contribution in [0.4, 0.5) is 15.9 Å². The average Bonchev–Trinajstić information content (AvgIpc) is 2.63. The van der Waals surface area contributed by atoms with Crippen LogP contribution in [0, 0.1) is 5.82 Å². The van der Waals surface area contributed by atoms with E-state index < -0.39 is 0 Å². The summed E-state index contributed by atoms with van der Waals surface area (Å²) in [4.78, 5) is 9.13. The van der Waals surface area contributed by atoms with Crippen molar-refractivity contribution in [3.05, 3.63) is 54.0 Å². The molecular formula is C18H22FN5S. The van der Waals surface area contributed by atoms with E-state index in [0.717, 1.165) is 43.2 Å². The fourth-order valence-electron chi connectivity index (χ4n) is 2.64. The maximum atomic E-state index is 12.9. The number of nitrogens with one attached hydrogen (secondary N) is 2. The van der Waals surface area contributed by atoms with E-state index in [9.17, 15) is 4.39 Å². The van der Waals surface area contributed by atoms with E-state index in [2.05, 4.69) is 32.5 Å². The van der Waals surface area contributed by atoms with Crippen LogP contribution in [-0.2, 0) is 6.54 Å². The molecule has 0 amide bonds. The molecule has 1 aromatic carbocycles. The maximum absolute atomic E-state index is 12.9. The fraction of sp³-hybridized carbons (Fsp3) is 0.333. The van der Waals surface area contributed by atoms with Crippen LogP contribution in [0.25, 0.3) is 0 Å². The molecule has 0 spiro atoms. The van der Waals surface area contributed by atoms with Crippen molar-refractivity contribution < 1.29 is 4.39 Å². The lowest BCUT2D eigenvalue weighted by Crippen LogP contribution is -2.44. The summed E-state index contributed by atoms with van der Waals surface area (Å²) in [5.41, 5.74) is 1.81. The number of likely N-dealkylation sites (N-methyl/N-ethyl adjacent to an activating group) is 1. The van der Waals surface area contributed by atoms with Gasteiger partial charge in [0.15, 0.2) is 5.11 Å². The third-order valence-electron chi connectivity index (χ3n) is 4.20. The minimum absolute atomic E-state index is 0.240. The highest BCUT2D eigenvalue weighted by Crippen LogP contribution is 2.15. The Morgan fingerprint density at radius 3 is 2.48 bits per heavy atom. The third kappa shape index (κ3) is 5.11. The van der Waals surface area contributed by atoms with Gasteiger partial charge < -0.3 is 20.4 Å². The summed E-state index contributed by atoms with van der Waals surface area (Å²) in [7, 11) is 2.14. The molecule has 2 heterocycles. The number of anilines is 2. The SMILES string of the molecule is CN1CCN(c2ccc(NC(=S)NCc3ccc(F)cc3)cn2)CC1. The number of pyridine rings is 1. The van der Waals surface area contributed by atoms with Crippen LogP contribution in [0.1, 0.15) is 5.56 Å². The third-order valence-corrected chi connectivity index (χ3v) is 4.45. The molecular weight excluding hydrogens is 337 g/mol. The van der Waals surface area contributed by atoms with Gasteiger partial charge in [-0.15, -0.1) is 0 Å². The largest absolute Gasteiger partial charge is 0.358 e. The van der Waals surface area contributed by atoms with Crippen LogP contribution in [0.15, 0.2) is 42.6 Å². The first-order valence-corrected chi connectivity index (χ1v) is 8.70. The molecule has 3 rings (SSSR count). The molecule has 1 fully saturated rings. The van der Waals surface area contributed by atoms with Gasteiger partial charge in [0, 0.05) is 32.7 Å². The number of benzene rings is 1. The first kappa shape index (κ1) is 17.6. The molecule has 0 saturated carbocycles. The number of piperazine rings is 1. The number of nitrogens with zero attached hydrogens (tertiary/aromatic N) is 3. The molecule has 0 unspecified atom stereocenters. The van der Waals surface area contributed by atoms with Crippen molar-refractivity contribution in [3.63, 3.8) is 0 Å². The van der Waals surface area contributed by atoms with E-state index in [-0.39, 0.29) is 5.82 Å². The molecule has 132 valence electrons. The minimum atomic E-state index is -0.240. The van der Waals surface area contributed by atoms with Crippen molar-refractivity contribution in [2.75, 3.05) is 43.4 Å². The molecule has 5 nitrogen and oxygen atoms in total. The van der Waals surface area contributed by atoms with Crippen LogP contribution in [0.3, 0.4) is 0 Å². The van der Waals surface area contributed by atoms with Gasteiger partial charge in [0.25, 0.3) is 0 Å². The van der Waals surface area contributed by atoms with Crippen LogP contribution in [0.5, 0.6) is 0 Å². The van der Waals surface area contributed by atoms with Crippen molar-refractivity contribution in [2.45, 2.75) is 6.54 Å². The predicted octanol–water partition coefficient (Wildman–Crippen LogP) is 2.46. The van der Waals surface area contributed by atoms with Crippen LogP contribution < -0.4 is 15.5 Å². The molecule has 1 aromatic heterocycles. The quantitative estimate of drug-likeness (QED) is 0.818. The molecule has 1 aliphatic heterocycles. The molecule has 1 aliphatic rings. The topological polar surface area (TPSA) is 43.4 Å². The van der Waals surface area contributed by atoms with Crippen LogP contribution in [-0.4, -0.2) is 48.2 Å². The monoisotopic (exact) mass is 359 g/mol. The minimum Gasteiger partial charge on any atom is -0.358 e. The lowest BCUT2D eigenvalue weighted by atomic mass is 10.2.